The van der Waals surface area contributed by atoms with Gasteiger partial charge in [0.25, 0.3) is 5.56 Å². The van der Waals surface area contributed by atoms with E-state index in [2.05, 4.69) is 60.0 Å². The van der Waals surface area contributed by atoms with Crippen molar-refractivity contribution in [2.75, 3.05) is 37.3 Å². The Morgan fingerprint density at radius 2 is 1.35 bits per heavy atom. The minimum atomic E-state index is -3.30. The number of aryl methyl sites for hydroxylation is 1. The number of benzene rings is 3. The Bertz CT molecular complexity index is 1600. The van der Waals surface area contributed by atoms with Crippen LogP contribution in [0.15, 0.2) is 82.5 Å². The van der Waals surface area contributed by atoms with Gasteiger partial charge in [-0.05, 0) is 78.4 Å². The van der Waals surface area contributed by atoms with Gasteiger partial charge in [-0.1, -0.05) is 30.3 Å². The van der Waals surface area contributed by atoms with Gasteiger partial charge in [0.1, 0.15) is 0 Å². The maximum atomic E-state index is 13.1. The zero-order valence-electron chi connectivity index (χ0n) is 21.8. The van der Waals surface area contributed by atoms with Crippen LogP contribution in [0.4, 0.5) is 5.69 Å². The summed E-state index contributed by atoms with van der Waals surface area (Å²) in [5.41, 5.74) is 5.43. The van der Waals surface area contributed by atoms with Gasteiger partial charge in [-0.25, -0.2) is 8.42 Å². The highest BCUT2D eigenvalue weighted by Gasteiger charge is 2.19. The molecular formula is C30H33N3O3S. The molecule has 1 fully saturated rings. The lowest BCUT2D eigenvalue weighted by molar-refractivity contribution is 0.209. The Morgan fingerprint density at radius 1 is 0.757 bits per heavy atom. The lowest BCUT2D eigenvalue weighted by Gasteiger charge is -2.38. The fourth-order valence-electron chi connectivity index (χ4n) is 5.11. The highest BCUT2D eigenvalue weighted by atomic mass is 32.2. The molecule has 0 bridgehead atoms. The third-order valence-corrected chi connectivity index (χ3v) is 8.56. The first kappa shape index (κ1) is 25.2. The van der Waals surface area contributed by atoms with Crippen molar-refractivity contribution in [2.45, 2.75) is 24.8 Å². The molecule has 4 aromatic rings. The molecule has 0 aliphatic carbocycles. The molecule has 5 rings (SSSR count). The van der Waals surface area contributed by atoms with E-state index in [0.29, 0.717) is 17.2 Å². The summed E-state index contributed by atoms with van der Waals surface area (Å²) >= 11 is 0. The predicted molar refractivity (Wildman–Crippen MR) is 152 cm³/mol. The van der Waals surface area contributed by atoms with Crippen LogP contribution in [0.3, 0.4) is 0 Å². The van der Waals surface area contributed by atoms with Crippen molar-refractivity contribution in [1.82, 2.24) is 9.47 Å². The van der Waals surface area contributed by atoms with Gasteiger partial charge in [-0.15, -0.1) is 0 Å². The molecule has 0 saturated carbocycles. The summed E-state index contributed by atoms with van der Waals surface area (Å²) in [6, 6.07) is 23.9. The molecule has 37 heavy (non-hydrogen) atoms. The van der Waals surface area contributed by atoms with Crippen molar-refractivity contribution < 1.29 is 8.42 Å². The maximum absolute atomic E-state index is 13.1. The molecule has 6 nitrogen and oxygen atoms in total. The van der Waals surface area contributed by atoms with Crippen molar-refractivity contribution in [3.63, 3.8) is 0 Å². The summed E-state index contributed by atoms with van der Waals surface area (Å²) in [4.78, 5) is 18.3. The average Bonchev–Trinajstić information content (AvgIpc) is 2.90. The molecule has 1 aromatic heterocycles. The minimum absolute atomic E-state index is 0.116. The summed E-state index contributed by atoms with van der Waals surface area (Å²) in [6.07, 6.45) is 1.18. The topological polar surface area (TPSA) is 62.6 Å². The Balaban J connectivity index is 1.45. The third-order valence-electron chi connectivity index (χ3n) is 7.43. The van der Waals surface area contributed by atoms with Crippen LogP contribution in [-0.4, -0.2) is 56.4 Å². The normalized spacial score (nSPS) is 15.0. The van der Waals surface area contributed by atoms with E-state index >= 15 is 0 Å². The fraction of sp³-hybridized carbons (Fsp3) is 0.300. The van der Waals surface area contributed by atoms with Crippen LogP contribution < -0.4 is 10.5 Å². The van der Waals surface area contributed by atoms with E-state index in [1.54, 1.807) is 35.9 Å². The Labute approximate surface area is 218 Å². The molecule has 1 aliphatic rings. The van der Waals surface area contributed by atoms with Crippen LogP contribution in [-0.2, 0) is 16.9 Å². The SMILES string of the molecule is CC(C)N1CCN(c2ccc(-c3ccc4c(c3)cc(-c3ccc(S(C)(=O)=O)cc3)c(=O)n4C)cc2)CC1. The summed E-state index contributed by atoms with van der Waals surface area (Å²) in [7, 11) is -1.53. The lowest BCUT2D eigenvalue weighted by atomic mass is 10.00. The third kappa shape index (κ3) is 5.06. The van der Waals surface area contributed by atoms with E-state index in [-0.39, 0.29) is 10.5 Å². The molecule has 192 valence electrons. The zero-order valence-corrected chi connectivity index (χ0v) is 22.6. The first-order chi connectivity index (χ1) is 17.6. The molecule has 3 aromatic carbocycles. The van der Waals surface area contributed by atoms with Gasteiger partial charge in [0, 0.05) is 56.8 Å². The molecule has 0 N–H and O–H groups in total. The quantitative estimate of drug-likeness (QED) is 0.382. The number of aromatic nitrogens is 1. The number of fused-ring (bicyclic) bond motifs is 1. The number of hydrogen-bond donors (Lipinski definition) is 0. The van der Waals surface area contributed by atoms with Gasteiger partial charge in [0.15, 0.2) is 9.84 Å². The summed E-state index contributed by atoms with van der Waals surface area (Å²) in [6.45, 7) is 8.75. The van der Waals surface area contributed by atoms with Crippen LogP contribution in [0.2, 0.25) is 0 Å². The lowest BCUT2D eigenvalue weighted by Crippen LogP contribution is -2.48. The second kappa shape index (κ2) is 9.80. The van der Waals surface area contributed by atoms with Gasteiger partial charge in [0.2, 0.25) is 0 Å². The average molecular weight is 516 g/mol. The van der Waals surface area contributed by atoms with Crippen LogP contribution in [0, 0.1) is 0 Å². The molecule has 1 saturated heterocycles. The van der Waals surface area contributed by atoms with Crippen LogP contribution >= 0.6 is 0 Å². The number of piperazine rings is 1. The van der Waals surface area contributed by atoms with Crippen molar-refractivity contribution >= 4 is 26.4 Å². The molecule has 1 aliphatic heterocycles. The first-order valence-corrected chi connectivity index (χ1v) is 14.5. The largest absolute Gasteiger partial charge is 0.369 e. The molecule has 0 radical (unpaired) electrons. The van der Waals surface area contributed by atoms with Gasteiger partial charge in [-0.3, -0.25) is 9.69 Å². The number of hydrogen-bond acceptors (Lipinski definition) is 5. The van der Waals surface area contributed by atoms with Crippen LogP contribution in [0.1, 0.15) is 13.8 Å². The van der Waals surface area contributed by atoms with Crippen molar-refractivity contribution in [3.05, 3.63) is 83.2 Å². The molecule has 0 amide bonds. The molecule has 7 heteroatoms. The van der Waals surface area contributed by atoms with E-state index < -0.39 is 9.84 Å². The number of nitrogens with zero attached hydrogens (tertiary/aromatic N) is 3. The maximum Gasteiger partial charge on any atom is 0.258 e. The number of rotatable bonds is 5. The number of pyridine rings is 1. The Hall–Kier alpha value is -3.42. The standard InChI is InChI=1S/C30H33N3O3S/c1-21(2)32-15-17-33(18-16-32)26-10-5-22(6-11-26)24-9-14-29-25(19-24)20-28(30(34)31(29)3)23-7-12-27(13-8-23)37(4,35)36/h5-14,19-21H,15-18H2,1-4H3. The highest BCUT2D eigenvalue weighted by Crippen LogP contribution is 2.29. The summed E-state index contributed by atoms with van der Waals surface area (Å²) in [5, 5.41) is 0.954. The number of sulfone groups is 1. The van der Waals surface area contributed by atoms with Crippen LogP contribution in [0.5, 0.6) is 0 Å². The van der Waals surface area contributed by atoms with Gasteiger partial charge in [0.05, 0.1) is 10.4 Å². The second-order valence-electron chi connectivity index (χ2n) is 10.2. The van der Waals surface area contributed by atoms with Gasteiger partial charge >= 0.3 is 0 Å². The van der Waals surface area contributed by atoms with E-state index in [1.165, 1.54) is 11.9 Å². The van der Waals surface area contributed by atoms with E-state index in [0.717, 1.165) is 48.2 Å². The second-order valence-corrected chi connectivity index (χ2v) is 12.2. The smallest absolute Gasteiger partial charge is 0.258 e. The van der Waals surface area contributed by atoms with E-state index in [9.17, 15) is 13.2 Å². The van der Waals surface area contributed by atoms with E-state index in [4.69, 9.17) is 0 Å². The van der Waals surface area contributed by atoms with Crippen LogP contribution in [0.25, 0.3) is 33.2 Å². The minimum Gasteiger partial charge on any atom is -0.369 e. The predicted octanol–water partition coefficient (Wildman–Crippen LogP) is 4.81. The Morgan fingerprint density at radius 3 is 1.95 bits per heavy atom. The molecule has 0 unspecified atom stereocenters. The van der Waals surface area contributed by atoms with Gasteiger partial charge in [-0.2, -0.15) is 0 Å². The summed E-state index contributed by atoms with van der Waals surface area (Å²) in [5.74, 6) is 0. The highest BCUT2D eigenvalue weighted by molar-refractivity contribution is 7.90. The monoisotopic (exact) mass is 515 g/mol. The van der Waals surface area contributed by atoms with Crippen molar-refractivity contribution in [1.29, 1.82) is 0 Å². The summed E-state index contributed by atoms with van der Waals surface area (Å²) < 4.78 is 25.3. The van der Waals surface area contributed by atoms with Gasteiger partial charge < -0.3 is 9.47 Å². The fourth-order valence-corrected chi connectivity index (χ4v) is 5.74. The zero-order chi connectivity index (χ0) is 26.3. The molecule has 0 spiro atoms. The molecule has 0 atom stereocenters. The van der Waals surface area contributed by atoms with Crippen molar-refractivity contribution in [3.8, 4) is 22.3 Å². The molecule has 2 heterocycles. The van der Waals surface area contributed by atoms with Crippen molar-refractivity contribution in [2.24, 2.45) is 7.05 Å². The van der Waals surface area contributed by atoms with E-state index in [1.807, 2.05) is 12.1 Å². The Kier molecular flexibility index (Phi) is 6.68. The number of anilines is 1. The first-order valence-electron chi connectivity index (χ1n) is 12.7. The molecular weight excluding hydrogens is 482 g/mol.